The van der Waals surface area contributed by atoms with Crippen LogP contribution in [-0.4, -0.2) is 71.1 Å². The number of amides is 2. The summed E-state index contributed by atoms with van der Waals surface area (Å²) < 4.78 is 7.00. The number of carbonyl (C=O) groups is 3. The van der Waals surface area contributed by atoms with E-state index in [0.29, 0.717) is 31.1 Å². The monoisotopic (exact) mass is 461 g/mol. The predicted octanol–water partition coefficient (Wildman–Crippen LogP) is 2.98. The Labute approximate surface area is 185 Å². The van der Waals surface area contributed by atoms with E-state index >= 15 is 0 Å². The summed E-state index contributed by atoms with van der Waals surface area (Å²) in [7, 11) is 0. The molecule has 4 rings (SSSR count). The molecule has 3 heterocycles. The smallest absolute Gasteiger partial charge is 0.316 e. The largest absolute Gasteiger partial charge is 0.455 e. The number of thiophene rings is 1. The molecule has 30 heavy (non-hydrogen) atoms. The minimum absolute atomic E-state index is 0.00426. The molecule has 2 amide bonds. The predicted molar refractivity (Wildman–Crippen MR) is 118 cm³/mol. The fraction of sp³-hybridized carbons (Fsp3) is 0.300. The second-order valence-electron chi connectivity index (χ2n) is 6.55. The molecular formula is C20H19N3O4S3. The minimum atomic E-state index is -0.445. The molecule has 0 bridgehead atoms. The summed E-state index contributed by atoms with van der Waals surface area (Å²) in [6, 6.07) is 11.4. The third-order valence-corrected chi connectivity index (χ3v) is 7.61. The number of hydrogen-bond acceptors (Lipinski definition) is 8. The van der Waals surface area contributed by atoms with E-state index in [1.807, 2.05) is 35.7 Å². The molecule has 0 atom stereocenters. The first kappa shape index (κ1) is 20.8. The molecular weight excluding hydrogens is 442 g/mol. The van der Waals surface area contributed by atoms with Crippen molar-refractivity contribution in [3.8, 4) is 0 Å². The van der Waals surface area contributed by atoms with E-state index in [0.717, 1.165) is 14.6 Å². The van der Waals surface area contributed by atoms with Gasteiger partial charge in [0.05, 0.1) is 20.8 Å². The molecule has 0 saturated carbocycles. The highest BCUT2D eigenvalue weighted by Gasteiger charge is 2.25. The second kappa shape index (κ2) is 9.59. The third-order valence-electron chi connectivity index (χ3n) is 4.60. The number of hydrogen-bond donors (Lipinski definition) is 0. The number of rotatable bonds is 6. The van der Waals surface area contributed by atoms with E-state index in [-0.39, 0.29) is 24.2 Å². The van der Waals surface area contributed by atoms with Gasteiger partial charge in [-0.3, -0.25) is 14.4 Å². The van der Waals surface area contributed by atoms with Crippen LogP contribution in [0.2, 0.25) is 0 Å². The van der Waals surface area contributed by atoms with Crippen molar-refractivity contribution in [1.82, 2.24) is 14.8 Å². The Morgan fingerprint density at radius 2 is 1.80 bits per heavy atom. The van der Waals surface area contributed by atoms with Gasteiger partial charge in [0.15, 0.2) is 10.9 Å². The van der Waals surface area contributed by atoms with Gasteiger partial charge in [0.2, 0.25) is 0 Å². The number of aromatic nitrogens is 1. The van der Waals surface area contributed by atoms with Crippen LogP contribution in [0, 0.1) is 0 Å². The number of thiazole rings is 1. The van der Waals surface area contributed by atoms with Crippen molar-refractivity contribution in [3.63, 3.8) is 0 Å². The zero-order valence-corrected chi connectivity index (χ0v) is 18.4. The molecule has 7 nitrogen and oxygen atoms in total. The van der Waals surface area contributed by atoms with Crippen molar-refractivity contribution in [2.75, 3.05) is 38.5 Å². The van der Waals surface area contributed by atoms with Crippen molar-refractivity contribution in [2.45, 2.75) is 4.34 Å². The van der Waals surface area contributed by atoms with Crippen molar-refractivity contribution in [3.05, 3.63) is 46.7 Å². The standard InChI is InChI=1S/C20H19N3O4S3/c24-17(22-7-9-23(10-8-22)19(26)16-6-3-11-28-16)12-27-18(25)13-29-20-21-14-4-1-2-5-15(14)30-20/h1-6,11H,7-10,12-13H2. The van der Waals surface area contributed by atoms with Crippen molar-refractivity contribution < 1.29 is 19.1 Å². The van der Waals surface area contributed by atoms with Crippen molar-refractivity contribution >= 4 is 62.4 Å². The maximum atomic E-state index is 12.4. The van der Waals surface area contributed by atoms with Gasteiger partial charge in [0.1, 0.15) is 0 Å². The average molecular weight is 462 g/mol. The van der Waals surface area contributed by atoms with Gasteiger partial charge in [-0.25, -0.2) is 4.98 Å². The molecule has 1 saturated heterocycles. The molecule has 0 aliphatic carbocycles. The van der Waals surface area contributed by atoms with Gasteiger partial charge in [0, 0.05) is 26.2 Å². The van der Waals surface area contributed by atoms with E-state index in [2.05, 4.69) is 4.98 Å². The van der Waals surface area contributed by atoms with E-state index in [1.165, 1.54) is 34.4 Å². The Morgan fingerprint density at radius 3 is 2.53 bits per heavy atom. The fourth-order valence-electron chi connectivity index (χ4n) is 3.02. The Hall–Kier alpha value is -2.43. The third kappa shape index (κ3) is 5.00. The number of esters is 1. The summed E-state index contributed by atoms with van der Waals surface area (Å²) in [6.07, 6.45) is 0. The normalized spacial score (nSPS) is 14.1. The summed E-state index contributed by atoms with van der Waals surface area (Å²) in [6.45, 7) is 1.55. The molecule has 3 aromatic rings. The maximum absolute atomic E-state index is 12.4. The highest BCUT2D eigenvalue weighted by molar-refractivity contribution is 8.01. The molecule has 1 aliphatic rings. The number of ether oxygens (including phenoxy) is 1. The van der Waals surface area contributed by atoms with E-state index in [1.54, 1.807) is 15.9 Å². The molecule has 1 fully saturated rings. The van der Waals surface area contributed by atoms with Gasteiger partial charge in [0.25, 0.3) is 11.8 Å². The van der Waals surface area contributed by atoms with Crippen LogP contribution in [0.25, 0.3) is 10.2 Å². The highest BCUT2D eigenvalue weighted by atomic mass is 32.2. The van der Waals surface area contributed by atoms with Gasteiger partial charge in [-0.2, -0.15) is 0 Å². The fourth-order valence-corrected chi connectivity index (χ4v) is 5.58. The molecule has 10 heteroatoms. The van der Waals surface area contributed by atoms with Crippen molar-refractivity contribution in [2.24, 2.45) is 0 Å². The molecule has 1 aliphatic heterocycles. The number of piperazine rings is 1. The zero-order valence-electron chi connectivity index (χ0n) is 16.0. The van der Waals surface area contributed by atoms with E-state index in [4.69, 9.17) is 4.74 Å². The molecule has 0 N–H and O–H groups in total. The topological polar surface area (TPSA) is 79.8 Å². The van der Waals surface area contributed by atoms with Crippen LogP contribution in [0.4, 0.5) is 0 Å². The summed E-state index contributed by atoms with van der Waals surface area (Å²) in [5.41, 5.74) is 0.908. The van der Waals surface area contributed by atoms with Crippen LogP contribution in [0.15, 0.2) is 46.1 Å². The van der Waals surface area contributed by atoms with Crippen LogP contribution in [-0.2, 0) is 14.3 Å². The lowest BCUT2D eigenvalue weighted by Crippen LogP contribution is -2.51. The summed E-state index contributed by atoms with van der Waals surface area (Å²) in [4.78, 5) is 45.2. The average Bonchev–Trinajstić information content (AvgIpc) is 3.45. The molecule has 2 aromatic heterocycles. The Balaban J connectivity index is 1.18. The first-order chi connectivity index (χ1) is 14.6. The summed E-state index contributed by atoms with van der Waals surface area (Å²) in [5.74, 6) is -0.581. The highest BCUT2D eigenvalue weighted by Crippen LogP contribution is 2.29. The van der Waals surface area contributed by atoms with E-state index in [9.17, 15) is 14.4 Å². The number of fused-ring (bicyclic) bond motifs is 1. The minimum Gasteiger partial charge on any atom is -0.455 e. The first-order valence-corrected chi connectivity index (χ1v) is 12.0. The second-order valence-corrected chi connectivity index (χ2v) is 9.75. The quantitative estimate of drug-likeness (QED) is 0.415. The van der Waals surface area contributed by atoms with Gasteiger partial charge >= 0.3 is 5.97 Å². The summed E-state index contributed by atoms with van der Waals surface area (Å²) in [5, 5.41) is 1.87. The van der Waals surface area contributed by atoms with Crippen LogP contribution >= 0.6 is 34.4 Å². The lowest BCUT2D eigenvalue weighted by molar-refractivity contribution is -0.150. The Kier molecular flexibility index (Phi) is 6.66. The number of thioether (sulfide) groups is 1. The van der Waals surface area contributed by atoms with Crippen molar-refractivity contribution in [1.29, 1.82) is 0 Å². The van der Waals surface area contributed by atoms with Crippen LogP contribution < -0.4 is 0 Å². The lowest BCUT2D eigenvalue weighted by atomic mass is 10.3. The SMILES string of the molecule is O=C(CSc1nc2ccccc2s1)OCC(=O)N1CCN(C(=O)c2cccs2)CC1. The Bertz CT molecular complexity index is 1010. The molecule has 0 radical (unpaired) electrons. The number of nitrogens with zero attached hydrogens (tertiary/aromatic N) is 3. The van der Waals surface area contributed by atoms with Gasteiger partial charge < -0.3 is 14.5 Å². The Morgan fingerprint density at radius 1 is 1.03 bits per heavy atom. The van der Waals surface area contributed by atoms with Crippen LogP contribution in [0.3, 0.4) is 0 Å². The first-order valence-electron chi connectivity index (χ1n) is 9.35. The molecule has 0 spiro atoms. The van der Waals surface area contributed by atoms with Crippen LogP contribution in [0.1, 0.15) is 9.67 Å². The van der Waals surface area contributed by atoms with Gasteiger partial charge in [-0.15, -0.1) is 22.7 Å². The molecule has 0 unspecified atom stereocenters. The summed E-state index contributed by atoms with van der Waals surface area (Å²) >= 11 is 4.25. The number of carbonyl (C=O) groups excluding carboxylic acids is 3. The van der Waals surface area contributed by atoms with Crippen LogP contribution in [0.5, 0.6) is 0 Å². The van der Waals surface area contributed by atoms with E-state index < -0.39 is 5.97 Å². The van der Waals surface area contributed by atoms with Gasteiger partial charge in [-0.1, -0.05) is 30.0 Å². The lowest BCUT2D eigenvalue weighted by Gasteiger charge is -2.34. The molecule has 156 valence electrons. The zero-order chi connectivity index (χ0) is 20.9. The van der Waals surface area contributed by atoms with Gasteiger partial charge in [-0.05, 0) is 23.6 Å². The number of para-hydroxylation sites is 1. The number of benzene rings is 1. The molecule has 1 aromatic carbocycles. The maximum Gasteiger partial charge on any atom is 0.316 e.